The van der Waals surface area contributed by atoms with Gasteiger partial charge in [-0.15, -0.1) is 11.8 Å². The van der Waals surface area contributed by atoms with Crippen LogP contribution in [-0.4, -0.2) is 7.05 Å². The lowest BCUT2D eigenvalue weighted by Crippen LogP contribution is -2.04. The lowest BCUT2D eigenvalue weighted by molar-refractivity contribution is 0.817. The van der Waals surface area contributed by atoms with Crippen molar-refractivity contribution in [2.24, 2.45) is 0 Å². The van der Waals surface area contributed by atoms with Crippen LogP contribution >= 0.6 is 34.4 Å². The van der Waals surface area contributed by atoms with Gasteiger partial charge in [0.25, 0.3) is 0 Å². The number of halogens is 1. The van der Waals surface area contributed by atoms with Crippen LogP contribution in [0, 0.1) is 3.57 Å². The predicted molar refractivity (Wildman–Crippen MR) is 87.9 cm³/mol. The van der Waals surface area contributed by atoms with Crippen LogP contribution in [0.2, 0.25) is 0 Å². The molecule has 18 heavy (non-hydrogen) atoms. The Morgan fingerprint density at radius 2 is 1.56 bits per heavy atom. The maximum absolute atomic E-state index is 3.16. The number of benzene rings is 2. The van der Waals surface area contributed by atoms with Gasteiger partial charge >= 0.3 is 0 Å². The van der Waals surface area contributed by atoms with E-state index in [1.54, 1.807) is 0 Å². The minimum atomic E-state index is 0.933. The second kappa shape index (κ2) is 7.16. The largest absolute Gasteiger partial charge is 0.316 e. The van der Waals surface area contributed by atoms with Gasteiger partial charge in [-0.1, -0.05) is 24.3 Å². The van der Waals surface area contributed by atoms with Gasteiger partial charge in [0.15, 0.2) is 0 Å². The maximum Gasteiger partial charge on any atom is 0.0232 e. The van der Waals surface area contributed by atoms with E-state index in [1.165, 1.54) is 19.6 Å². The molecule has 0 spiro atoms. The molecule has 0 aliphatic carbocycles. The van der Waals surface area contributed by atoms with Crippen molar-refractivity contribution in [3.63, 3.8) is 0 Å². The van der Waals surface area contributed by atoms with Gasteiger partial charge in [-0.3, -0.25) is 0 Å². The number of rotatable bonds is 5. The fourth-order valence-corrected chi connectivity index (χ4v) is 2.87. The van der Waals surface area contributed by atoms with Crippen LogP contribution in [0.1, 0.15) is 11.1 Å². The molecular weight excluding hydrogens is 353 g/mol. The van der Waals surface area contributed by atoms with Gasteiger partial charge in [-0.25, -0.2) is 0 Å². The monoisotopic (exact) mass is 369 g/mol. The molecule has 0 aromatic heterocycles. The standard InChI is InChI=1S/C15H16INS/c1-17-10-12-4-8-15(9-5-12)18-11-13-2-6-14(16)7-3-13/h2-9,17H,10-11H2,1H3. The highest BCUT2D eigenvalue weighted by atomic mass is 127. The molecule has 94 valence electrons. The van der Waals surface area contributed by atoms with E-state index in [1.807, 2.05) is 18.8 Å². The SMILES string of the molecule is CNCc1ccc(SCc2ccc(I)cc2)cc1. The molecule has 0 amide bonds. The molecule has 2 rings (SSSR count). The Kier molecular flexibility index (Phi) is 5.53. The summed E-state index contributed by atoms with van der Waals surface area (Å²) < 4.78 is 1.29. The molecule has 0 atom stereocenters. The van der Waals surface area contributed by atoms with E-state index in [9.17, 15) is 0 Å². The average molecular weight is 369 g/mol. The Labute approximate surface area is 127 Å². The minimum Gasteiger partial charge on any atom is -0.316 e. The summed E-state index contributed by atoms with van der Waals surface area (Å²) in [5.41, 5.74) is 2.70. The number of hydrogen-bond donors (Lipinski definition) is 1. The molecule has 1 nitrogen and oxygen atoms in total. The van der Waals surface area contributed by atoms with Crippen molar-refractivity contribution in [1.29, 1.82) is 0 Å². The molecular formula is C15H16INS. The van der Waals surface area contributed by atoms with Crippen molar-refractivity contribution in [2.75, 3.05) is 7.05 Å². The van der Waals surface area contributed by atoms with Crippen LogP contribution in [-0.2, 0) is 12.3 Å². The Bertz CT molecular complexity index is 479. The first kappa shape index (κ1) is 13.9. The van der Waals surface area contributed by atoms with Crippen molar-refractivity contribution in [3.8, 4) is 0 Å². The van der Waals surface area contributed by atoms with Crippen LogP contribution in [0.25, 0.3) is 0 Å². The van der Waals surface area contributed by atoms with Crippen LogP contribution in [0.5, 0.6) is 0 Å². The van der Waals surface area contributed by atoms with E-state index >= 15 is 0 Å². The molecule has 2 aromatic carbocycles. The molecule has 0 saturated heterocycles. The van der Waals surface area contributed by atoms with E-state index in [0.717, 1.165) is 12.3 Å². The van der Waals surface area contributed by atoms with Crippen molar-refractivity contribution in [3.05, 3.63) is 63.2 Å². The lowest BCUT2D eigenvalue weighted by Gasteiger charge is -2.04. The van der Waals surface area contributed by atoms with Crippen LogP contribution in [0.3, 0.4) is 0 Å². The van der Waals surface area contributed by atoms with Gasteiger partial charge in [0.05, 0.1) is 0 Å². The summed E-state index contributed by atoms with van der Waals surface area (Å²) in [6.45, 7) is 0.933. The second-order valence-corrected chi connectivity index (χ2v) is 6.38. The van der Waals surface area contributed by atoms with Crippen LogP contribution in [0.4, 0.5) is 0 Å². The van der Waals surface area contributed by atoms with Crippen LogP contribution < -0.4 is 5.32 Å². The van der Waals surface area contributed by atoms with E-state index in [0.29, 0.717) is 0 Å². The van der Waals surface area contributed by atoms with Crippen molar-refractivity contribution in [2.45, 2.75) is 17.2 Å². The highest BCUT2D eigenvalue weighted by molar-refractivity contribution is 14.1. The third-order valence-electron chi connectivity index (χ3n) is 2.62. The first-order valence-electron chi connectivity index (χ1n) is 5.89. The highest BCUT2D eigenvalue weighted by Crippen LogP contribution is 2.23. The molecule has 2 aromatic rings. The zero-order valence-electron chi connectivity index (χ0n) is 10.3. The number of thioether (sulfide) groups is 1. The Balaban J connectivity index is 1.91. The Morgan fingerprint density at radius 3 is 2.17 bits per heavy atom. The molecule has 1 N–H and O–H groups in total. The second-order valence-electron chi connectivity index (χ2n) is 4.09. The maximum atomic E-state index is 3.16. The quantitative estimate of drug-likeness (QED) is 0.623. The van der Waals surface area contributed by atoms with Crippen molar-refractivity contribution in [1.82, 2.24) is 5.32 Å². The fraction of sp³-hybridized carbons (Fsp3) is 0.200. The number of nitrogens with one attached hydrogen (secondary N) is 1. The Hall–Kier alpha value is -0.520. The zero-order valence-corrected chi connectivity index (χ0v) is 13.3. The summed E-state index contributed by atoms with van der Waals surface area (Å²) in [5, 5.41) is 3.16. The van der Waals surface area contributed by atoms with Gasteiger partial charge in [-0.05, 0) is 65.0 Å². The molecule has 0 bridgehead atoms. The summed E-state index contributed by atoms with van der Waals surface area (Å²) in [6, 6.07) is 17.5. The molecule has 0 saturated carbocycles. The number of hydrogen-bond acceptors (Lipinski definition) is 2. The summed E-state index contributed by atoms with van der Waals surface area (Å²) in [6.07, 6.45) is 0. The third-order valence-corrected chi connectivity index (χ3v) is 4.43. The van der Waals surface area contributed by atoms with Crippen molar-refractivity contribution < 1.29 is 0 Å². The normalized spacial score (nSPS) is 10.6. The molecule has 3 heteroatoms. The summed E-state index contributed by atoms with van der Waals surface area (Å²) in [7, 11) is 1.97. The molecule has 0 fully saturated rings. The predicted octanol–water partition coefficient (Wildman–Crippen LogP) is 4.30. The topological polar surface area (TPSA) is 12.0 Å². The van der Waals surface area contributed by atoms with E-state index in [4.69, 9.17) is 0 Å². The first-order valence-corrected chi connectivity index (χ1v) is 7.95. The van der Waals surface area contributed by atoms with E-state index in [-0.39, 0.29) is 0 Å². The van der Waals surface area contributed by atoms with Gasteiger partial charge in [0, 0.05) is 20.8 Å². The van der Waals surface area contributed by atoms with E-state index < -0.39 is 0 Å². The first-order chi connectivity index (χ1) is 8.78. The highest BCUT2D eigenvalue weighted by Gasteiger charge is 1.97. The smallest absolute Gasteiger partial charge is 0.0232 e. The summed E-state index contributed by atoms with van der Waals surface area (Å²) in [5.74, 6) is 1.03. The molecule has 0 aliphatic rings. The van der Waals surface area contributed by atoms with Gasteiger partial charge in [-0.2, -0.15) is 0 Å². The lowest BCUT2D eigenvalue weighted by atomic mass is 10.2. The summed E-state index contributed by atoms with van der Waals surface area (Å²) in [4.78, 5) is 1.33. The van der Waals surface area contributed by atoms with Crippen LogP contribution in [0.15, 0.2) is 53.4 Å². The van der Waals surface area contributed by atoms with Gasteiger partial charge in [0.1, 0.15) is 0 Å². The fourth-order valence-electron chi connectivity index (χ4n) is 1.65. The Morgan fingerprint density at radius 1 is 0.944 bits per heavy atom. The van der Waals surface area contributed by atoms with Crippen molar-refractivity contribution >= 4 is 34.4 Å². The van der Waals surface area contributed by atoms with E-state index in [2.05, 4.69) is 76.4 Å². The van der Waals surface area contributed by atoms with Gasteiger partial charge < -0.3 is 5.32 Å². The molecule has 0 radical (unpaired) electrons. The molecule has 0 unspecified atom stereocenters. The summed E-state index contributed by atoms with van der Waals surface area (Å²) >= 11 is 4.22. The van der Waals surface area contributed by atoms with Gasteiger partial charge in [0.2, 0.25) is 0 Å². The zero-order chi connectivity index (χ0) is 12.8. The average Bonchev–Trinajstić information content (AvgIpc) is 2.40. The third kappa shape index (κ3) is 4.30. The molecule has 0 aliphatic heterocycles. The minimum absolute atomic E-state index is 0.933. The molecule has 0 heterocycles.